The topological polar surface area (TPSA) is 48.3 Å². The molecular weight excluding hydrogens is 194 g/mol. The van der Waals surface area contributed by atoms with E-state index in [2.05, 4.69) is 10.4 Å². The van der Waals surface area contributed by atoms with Gasteiger partial charge in [-0.05, 0) is 12.6 Å². The van der Waals surface area contributed by atoms with E-state index in [4.69, 9.17) is 9.47 Å². The van der Waals surface area contributed by atoms with E-state index in [0.717, 1.165) is 12.2 Å². The summed E-state index contributed by atoms with van der Waals surface area (Å²) in [6.07, 6.45) is 1.46. The van der Waals surface area contributed by atoms with E-state index in [1.165, 1.54) is 0 Å². The maximum Gasteiger partial charge on any atom is 0.177 e. The molecule has 1 aromatic heterocycles. The molecule has 0 aliphatic heterocycles. The summed E-state index contributed by atoms with van der Waals surface area (Å²) in [6.45, 7) is 2.89. The molecule has 1 heterocycles. The van der Waals surface area contributed by atoms with E-state index in [-0.39, 0.29) is 12.3 Å². The largest absolute Gasteiger partial charge is 0.354 e. The minimum atomic E-state index is -0.305. The van der Waals surface area contributed by atoms with Crippen LogP contribution in [0.1, 0.15) is 18.7 Å². The van der Waals surface area contributed by atoms with Crippen LogP contribution in [0.3, 0.4) is 0 Å². The summed E-state index contributed by atoms with van der Waals surface area (Å²) >= 11 is 0. The Morgan fingerprint density at radius 2 is 2.13 bits per heavy atom. The standard InChI is InChI=1S/C10H19N3O2/c1-5-11-9(10(14-3)15-4)8-6-7-12-13(8)2/h6-7,9-11H,5H2,1-4H3. The number of likely N-dealkylation sites (N-methyl/N-ethyl adjacent to an activating group) is 1. The zero-order valence-corrected chi connectivity index (χ0v) is 9.73. The van der Waals surface area contributed by atoms with Crippen LogP contribution in [0.15, 0.2) is 12.3 Å². The molecule has 5 heteroatoms. The highest BCUT2D eigenvalue weighted by molar-refractivity contribution is 5.07. The molecule has 5 nitrogen and oxygen atoms in total. The summed E-state index contributed by atoms with van der Waals surface area (Å²) in [4.78, 5) is 0. The van der Waals surface area contributed by atoms with Crippen LogP contribution in [0.4, 0.5) is 0 Å². The normalized spacial score (nSPS) is 13.4. The van der Waals surface area contributed by atoms with Gasteiger partial charge in [-0.1, -0.05) is 6.92 Å². The predicted molar refractivity (Wildman–Crippen MR) is 57.4 cm³/mol. The van der Waals surface area contributed by atoms with Crippen LogP contribution in [0.2, 0.25) is 0 Å². The van der Waals surface area contributed by atoms with Crippen LogP contribution >= 0.6 is 0 Å². The lowest BCUT2D eigenvalue weighted by Gasteiger charge is -2.25. The van der Waals surface area contributed by atoms with Gasteiger partial charge >= 0.3 is 0 Å². The lowest BCUT2D eigenvalue weighted by Crippen LogP contribution is -2.35. The minimum Gasteiger partial charge on any atom is -0.354 e. The van der Waals surface area contributed by atoms with Gasteiger partial charge in [0.25, 0.3) is 0 Å². The average molecular weight is 213 g/mol. The summed E-state index contributed by atoms with van der Waals surface area (Å²) < 4.78 is 12.4. The zero-order valence-electron chi connectivity index (χ0n) is 9.73. The lowest BCUT2D eigenvalue weighted by molar-refractivity contribution is -0.125. The van der Waals surface area contributed by atoms with E-state index in [0.29, 0.717) is 0 Å². The highest BCUT2D eigenvalue weighted by atomic mass is 16.7. The summed E-state index contributed by atoms with van der Waals surface area (Å²) in [6, 6.07) is 1.95. The van der Waals surface area contributed by atoms with Crippen molar-refractivity contribution in [3.8, 4) is 0 Å². The molecule has 0 aromatic carbocycles. The molecule has 86 valence electrons. The molecule has 0 fully saturated rings. The third-order valence-electron chi connectivity index (χ3n) is 2.34. The average Bonchev–Trinajstić information content (AvgIpc) is 2.65. The summed E-state index contributed by atoms with van der Waals surface area (Å²) in [5.74, 6) is 0. The van der Waals surface area contributed by atoms with Crippen LogP contribution in [-0.2, 0) is 16.5 Å². The predicted octanol–water partition coefficient (Wildman–Crippen LogP) is 0.690. The number of ether oxygens (including phenoxy) is 2. The molecule has 0 amide bonds. The second kappa shape index (κ2) is 5.85. The van der Waals surface area contributed by atoms with Crippen molar-refractivity contribution in [1.29, 1.82) is 0 Å². The Morgan fingerprint density at radius 1 is 1.47 bits per heavy atom. The molecule has 1 atom stereocenters. The van der Waals surface area contributed by atoms with Crippen molar-refractivity contribution in [2.45, 2.75) is 19.3 Å². The third kappa shape index (κ3) is 2.77. The Morgan fingerprint density at radius 3 is 2.53 bits per heavy atom. The smallest absolute Gasteiger partial charge is 0.177 e. The van der Waals surface area contributed by atoms with Crippen LogP contribution < -0.4 is 5.32 Å². The first-order chi connectivity index (χ1) is 7.24. The van der Waals surface area contributed by atoms with Gasteiger partial charge in [-0.25, -0.2) is 0 Å². The van der Waals surface area contributed by atoms with E-state index in [9.17, 15) is 0 Å². The number of hydrogen-bond donors (Lipinski definition) is 1. The van der Waals surface area contributed by atoms with Crippen molar-refractivity contribution in [2.75, 3.05) is 20.8 Å². The first-order valence-corrected chi connectivity index (χ1v) is 5.01. The fourth-order valence-corrected chi connectivity index (χ4v) is 1.62. The van der Waals surface area contributed by atoms with E-state index < -0.39 is 0 Å². The number of rotatable bonds is 6. The summed E-state index contributed by atoms with van der Waals surface area (Å²) in [5, 5.41) is 7.45. The van der Waals surface area contributed by atoms with Crippen molar-refractivity contribution in [3.05, 3.63) is 18.0 Å². The van der Waals surface area contributed by atoms with Crippen LogP contribution in [0, 0.1) is 0 Å². The van der Waals surface area contributed by atoms with Gasteiger partial charge in [-0.3, -0.25) is 4.68 Å². The van der Waals surface area contributed by atoms with Gasteiger partial charge < -0.3 is 14.8 Å². The molecule has 1 rings (SSSR count). The van der Waals surface area contributed by atoms with Gasteiger partial charge in [0.05, 0.1) is 5.69 Å². The Hall–Kier alpha value is -0.910. The van der Waals surface area contributed by atoms with Crippen molar-refractivity contribution in [3.63, 3.8) is 0 Å². The second-order valence-electron chi connectivity index (χ2n) is 3.25. The molecule has 0 bridgehead atoms. The Kier molecular flexibility index (Phi) is 4.74. The first-order valence-electron chi connectivity index (χ1n) is 5.01. The highest BCUT2D eigenvalue weighted by Crippen LogP contribution is 2.18. The maximum atomic E-state index is 5.27. The van der Waals surface area contributed by atoms with Crippen LogP contribution in [-0.4, -0.2) is 36.8 Å². The second-order valence-corrected chi connectivity index (χ2v) is 3.25. The molecule has 1 unspecified atom stereocenters. The Bertz CT molecular complexity index is 284. The fourth-order valence-electron chi connectivity index (χ4n) is 1.62. The molecule has 1 N–H and O–H groups in total. The summed E-state index contributed by atoms with van der Waals surface area (Å²) in [7, 11) is 5.17. The number of aryl methyl sites for hydroxylation is 1. The minimum absolute atomic E-state index is 0.00231. The molecule has 0 spiro atoms. The first kappa shape index (κ1) is 12.2. The molecular formula is C10H19N3O2. The van der Waals surface area contributed by atoms with Gasteiger partial charge in [-0.2, -0.15) is 5.10 Å². The molecule has 0 saturated heterocycles. The highest BCUT2D eigenvalue weighted by Gasteiger charge is 2.24. The van der Waals surface area contributed by atoms with Crippen molar-refractivity contribution in [1.82, 2.24) is 15.1 Å². The molecule has 0 radical (unpaired) electrons. The van der Waals surface area contributed by atoms with Gasteiger partial charge in [0.15, 0.2) is 6.29 Å². The van der Waals surface area contributed by atoms with Gasteiger partial charge in [-0.15, -0.1) is 0 Å². The number of nitrogens with one attached hydrogen (secondary N) is 1. The Labute approximate surface area is 90.4 Å². The van der Waals surface area contributed by atoms with Crippen LogP contribution in [0.25, 0.3) is 0 Å². The van der Waals surface area contributed by atoms with Crippen molar-refractivity contribution >= 4 is 0 Å². The Balaban J connectivity index is 2.86. The zero-order chi connectivity index (χ0) is 11.3. The summed E-state index contributed by atoms with van der Waals surface area (Å²) in [5.41, 5.74) is 1.05. The van der Waals surface area contributed by atoms with Gasteiger partial charge in [0.1, 0.15) is 6.04 Å². The van der Waals surface area contributed by atoms with Crippen molar-refractivity contribution in [2.24, 2.45) is 7.05 Å². The number of hydrogen-bond acceptors (Lipinski definition) is 4. The van der Waals surface area contributed by atoms with E-state index >= 15 is 0 Å². The molecule has 0 aliphatic carbocycles. The number of nitrogens with zero attached hydrogens (tertiary/aromatic N) is 2. The quantitative estimate of drug-likeness (QED) is 0.706. The van der Waals surface area contributed by atoms with E-state index in [1.807, 2.05) is 24.7 Å². The lowest BCUT2D eigenvalue weighted by atomic mass is 10.2. The number of methoxy groups -OCH3 is 2. The monoisotopic (exact) mass is 213 g/mol. The van der Waals surface area contributed by atoms with Gasteiger partial charge in [0.2, 0.25) is 0 Å². The van der Waals surface area contributed by atoms with Crippen LogP contribution in [0.5, 0.6) is 0 Å². The van der Waals surface area contributed by atoms with E-state index in [1.54, 1.807) is 20.4 Å². The fraction of sp³-hybridized carbons (Fsp3) is 0.700. The molecule has 0 saturated carbocycles. The molecule has 15 heavy (non-hydrogen) atoms. The maximum absolute atomic E-state index is 5.27. The third-order valence-corrected chi connectivity index (χ3v) is 2.34. The molecule has 1 aromatic rings. The number of aromatic nitrogens is 2. The van der Waals surface area contributed by atoms with Gasteiger partial charge in [0, 0.05) is 27.5 Å². The van der Waals surface area contributed by atoms with Crippen molar-refractivity contribution < 1.29 is 9.47 Å². The SMILES string of the molecule is CCNC(c1ccnn1C)C(OC)OC. The molecule has 0 aliphatic rings.